The van der Waals surface area contributed by atoms with E-state index >= 15 is 0 Å². The molecule has 1 heterocycles. The van der Waals surface area contributed by atoms with E-state index in [1.165, 1.54) is 66.4 Å². The number of anilines is 3. The molecule has 0 unspecified atom stereocenters. The van der Waals surface area contributed by atoms with Crippen molar-refractivity contribution in [2.24, 2.45) is 0 Å². The summed E-state index contributed by atoms with van der Waals surface area (Å²) in [5.41, 5.74) is 19.3. The van der Waals surface area contributed by atoms with Crippen LogP contribution in [0.2, 0.25) is 0 Å². The van der Waals surface area contributed by atoms with Crippen molar-refractivity contribution in [3.8, 4) is 33.4 Å². The zero-order chi connectivity index (χ0) is 42.6. The molecule has 0 amide bonds. The van der Waals surface area contributed by atoms with Crippen LogP contribution in [0.3, 0.4) is 0 Å². The summed E-state index contributed by atoms with van der Waals surface area (Å²) in [5.74, 6) is 0. The summed E-state index contributed by atoms with van der Waals surface area (Å²) in [5, 5.41) is 4.58. The first kappa shape index (κ1) is 36.7. The second kappa shape index (κ2) is 13.8. The molecule has 0 fully saturated rings. The first-order chi connectivity index (χ1) is 31.5. The average Bonchev–Trinajstić information content (AvgIpc) is 3.94. The largest absolute Gasteiger partial charge is 0.455 e. The molecular formula is C62H43NO. The minimum absolute atomic E-state index is 0.185. The monoisotopic (exact) mass is 817 g/mol. The maximum absolute atomic E-state index is 7.10. The molecule has 0 saturated carbocycles. The van der Waals surface area contributed by atoms with E-state index in [1.807, 2.05) is 0 Å². The van der Waals surface area contributed by atoms with E-state index in [2.05, 4.69) is 243 Å². The number of rotatable bonds is 6. The minimum atomic E-state index is -0.551. The molecule has 0 saturated heterocycles. The van der Waals surface area contributed by atoms with Crippen molar-refractivity contribution in [1.82, 2.24) is 0 Å². The Kier molecular flexibility index (Phi) is 7.90. The van der Waals surface area contributed by atoms with E-state index in [0.29, 0.717) is 0 Å². The molecule has 2 aliphatic carbocycles. The number of nitrogens with zero attached hydrogens (tertiary/aromatic N) is 1. The summed E-state index contributed by atoms with van der Waals surface area (Å²) >= 11 is 0. The van der Waals surface area contributed by atoms with E-state index in [9.17, 15) is 0 Å². The Labute approximate surface area is 373 Å². The molecule has 13 rings (SSSR count). The molecule has 302 valence electrons. The van der Waals surface area contributed by atoms with Gasteiger partial charge in [0.05, 0.1) is 11.1 Å². The van der Waals surface area contributed by atoms with Crippen LogP contribution in [0.25, 0.3) is 66.1 Å². The quantitative estimate of drug-likeness (QED) is 0.166. The van der Waals surface area contributed by atoms with Gasteiger partial charge in [-0.3, -0.25) is 0 Å². The van der Waals surface area contributed by atoms with E-state index in [0.717, 1.165) is 50.1 Å². The zero-order valence-corrected chi connectivity index (χ0v) is 35.7. The van der Waals surface area contributed by atoms with Gasteiger partial charge in [0.15, 0.2) is 0 Å². The third kappa shape index (κ3) is 5.14. The lowest BCUT2D eigenvalue weighted by atomic mass is 9.67. The number of hydrogen-bond acceptors (Lipinski definition) is 2. The molecular weight excluding hydrogens is 775 g/mol. The first-order valence-electron chi connectivity index (χ1n) is 22.3. The van der Waals surface area contributed by atoms with Gasteiger partial charge >= 0.3 is 0 Å². The van der Waals surface area contributed by atoms with Gasteiger partial charge in [-0.1, -0.05) is 190 Å². The molecule has 0 radical (unpaired) electrons. The van der Waals surface area contributed by atoms with E-state index in [1.54, 1.807) is 0 Å². The van der Waals surface area contributed by atoms with Crippen LogP contribution >= 0.6 is 0 Å². The highest BCUT2D eigenvalue weighted by molar-refractivity contribution is 6.16. The van der Waals surface area contributed by atoms with Gasteiger partial charge in [0.2, 0.25) is 0 Å². The Balaban J connectivity index is 1.13. The number of benzene rings is 10. The van der Waals surface area contributed by atoms with Crippen molar-refractivity contribution in [2.45, 2.75) is 24.7 Å². The Morgan fingerprint density at radius 3 is 1.58 bits per heavy atom. The van der Waals surface area contributed by atoms with Gasteiger partial charge in [0.25, 0.3) is 0 Å². The van der Waals surface area contributed by atoms with Crippen molar-refractivity contribution in [3.63, 3.8) is 0 Å². The van der Waals surface area contributed by atoms with Crippen LogP contribution in [0.15, 0.2) is 229 Å². The van der Waals surface area contributed by atoms with Crippen molar-refractivity contribution in [2.75, 3.05) is 4.90 Å². The van der Waals surface area contributed by atoms with Crippen LogP contribution in [0.5, 0.6) is 0 Å². The maximum Gasteiger partial charge on any atom is 0.145 e. The predicted octanol–water partition coefficient (Wildman–Crippen LogP) is 16.5. The Morgan fingerprint density at radius 2 is 0.906 bits per heavy atom. The molecule has 0 N–H and O–H groups in total. The summed E-state index contributed by atoms with van der Waals surface area (Å²) in [6, 6.07) is 82.8. The van der Waals surface area contributed by atoms with Gasteiger partial charge in [-0.05, 0) is 121 Å². The van der Waals surface area contributed by atoms with Crippen molar-refractivity contribution < 1.29 is 4.42 Å². The second-order valence-corrected chi connectivity index (χ2v) is 18.0. The normalized spacial score (nSPS) is 14.0. The molecule has 64 heavy (non-hydrogen) atoms. The van der Waals surface area contributed by atoms with Gasteiger partial charge in [-0.2, -0.15) is 0 Å². The van der Waals surface area contributed by atoms with Crippen molar-refractivity contribution in [1.29, 1.82) is 0 Å². The highest BCUT2D eigenvalue weighted by Crippen LogP contribution is 2.58. The minimum Gasteiger partial charge on any atom is -0.455 e. The topological polar surface area (TPSA) is 16.4 Å². The van der Waals surface area contributed by atoms with Crippen LogP contribution in [-0.4, -0.2) is 0 Å². The van der Waals surface area contributed by atoms with Gasteiger partial charge in [-0.15, -0.1) is 0 Å². The molecule has 1 aromatic heterocycles. The third-order valence-electron chi connectivity index (χ3n) is 14.3. The first-order valence-corrected chi connectivity index (χ1v) is 22.3. The van der Waals surface area contributed by atoms with Crippen LogP contribution < -0.4 is 4.90 Å². The Morgan fingerprint density at radius 1 is 0.391 bits per heavy atom. The lowest BCUT2D eigenvalue weighted by Gasteiger charge is -2.35. The molecule has 2 aliphatic rings. The summed E-state index contributed by atoms with van der Waals surface area (Å²) in [6.07, 6.45) is 0. The summed E-state index contributed by atoms with van der Waals surface area (Å²) < 4.78 is 7.10. The van der Waals surface area contributed by atoms with Crippen molar-refractivity contribution in [3.05, 3.63) is 258 Å². The fraction of sp³-hybridized carbons (Fsp3) is 0.0645. The standard InChI is InChI=1S/C62H43NO/c1-61(2)53-28-16-14-26-47(53)49-32-30-45(38-55(49)61)63(57-35-34-51-52-36-41-20-12-13-21-42(41)37-58(52)64-60(51)59(57)40-18-6-3-7-19-40)46-31-33-50-48-27-15-17-29-54(48)62(56(50)39-46,43-22-8-4-9-23-43)44-24-10-5-11-25-44/h3-39H,1-2H3. The Hall–Kier alpha value is -7.94. The molecule has 0 aliphatic heterocycles. The fourth-order valence-electron chi connectivity index (χ4n) is 11.4. The van der Waals surface area contributed by atoms with Crippen LogP contribution in [0.1, 0.15) is 47.2 Å². The molecule has 2 nitrogen and oxygen atoms in total. The number of fused-ring (bicyclic) bond motifs is 10. The molecule has 0 bridgehead atoms. The maximum atomic E-state index is 7.10. The highest BCUT2D eigenvalue weighted by Gasteiger charge is 2.46. The van der Waals surface area contributed by atoms with Gasteiger partial charge in [0, 0.05) is 33.1 Å². The third-order valence-corrected chi connectivity index (χ3v) is 14.3. The van der Waals surface area contributed by atoms with Gasteiger partial charge < -0.3 is 9.32 Å². The lowest BCUT2D eigenvalue weighted by Crippen LogP contribution is -2.28. The predicted molar refractivity (Wildman–Crippen MR) is 266 cm³/mol. The summed E-state index contributed by atoms with van der Waals surface area (Å²) in [4.78, 5) is 2.49. The van der Waals surface area contributed by atoms with E-state index in [-0.39, 0.29) is 5.41 Å². The average molecular weight is 818 g/mol. The zero-order valence-electron chi connectivity index (χ0n) is 35.7. The summed E-state index contributed by atoms with van der Waals surface area (Å²) in [7, 11) is 0. The van der Waals surface area contributed by atoms with Gasteiger partial charge in [0.1, 0.15) is 11.2 Å². The second-order valence-electron chi connectivity index (χ2n) is 18.0. The van der Waals surface area contributed by atoms with Crippen LogP contribution in [0.4, 0.5) is 17.1 Å². The SMILES string of the molecule is CC1(C)c2ccccc2-c2ccc(N(c3ccc4c(c3)C(c3ccccc3)(c3ccccc3)c3ccccc3-4)c3ccc4c(oc5cc6ccccc6cc54)c3-c3ccccc3)cc21. The van der Waals surface area contributed by atoms with Crippen LogP contribution in [-0.2, 0) is 10.8 Å². The highest BCUT2D eigenvalue weighted by atomic mass is 16.3. The fourth-order valence-corrected chi connectivity index (χ4v) is 11.4. The lowest BCUT2D eigenvalue weighted by molar-refractivity contribution is 0.660. The molecule has 11 aromatic rings. The number of hydrogen-bond donors (Lipinski definition) is 0. The Bertz CT molecular complexity index is 3600. The molecule has 0 spiro atoms. The van der Waals surface area contributed by atoms with Crippen LogP contribution in [0, 0.1) is 0 Å². The number of furan rings is 1. The molecule has 0 atom stereocenters. The summed E-state index contributed by atoms with van der Waals surface area (Å²) in [6.45, 7) is 4.73. The van der Waals surface area contributed by atoms with E-state index in [4.69, 9.17) is 4.42 Å². The molecule has 2 heteroatoms. The van der Waals surface area contributed by atoms with Gasteiger partial charge in [-0.25, -0.2) is 0 Å². The molecule has 10 aromatic carbocycles. The van der Waals surface area contributed by atoms with E-state index < -0.39 is 5.41 Å². The smallest absolute Gasteiger partial charge is 0.145 e. The van der Waals surface area contributed by atoms with Crippen molar-refractivity contribution >= 4 is 49.8 Å².